The molecule has 4 heteroatoms. The summed E-state index contributed by atoms with van der Waals surface area (Å²) in [6.07, 6.45) is 2.63. The molecule has 0 aromatic carbocycles. The highest BCUT2D eigenvalue weighted by molar-refractivity contribution is 5.74. The second kappa shape index (κ2) is 5.11. The van der Waals surface area contributed by atoms with E-state index in [1.807, 2.05) is 0 Å². The van der Waals surface area contributed by atoms with Crippen LogP contribution >= 0.6 is 0 Å². The Hall–Kier alpha value is -0.610. The molecule has 0 saturated carbocycles. The minimum Gasteiger partial charge on any atom is -0.317 e. The van der Waals surface area contributed by atoms with Crippen molar-refractivity contribution in [1.29, 1.82) is 0 Å². The molecule has 0 atom stereocenters. The summed E-state index contributed by atoms with van der Waals surface area (Å²) >= 11 is 0. The van der Waals surface area contributed by atoms with Crippen LogP contribution in [-0.4, -0.2) is 25.1 Å². The number of nitrogens with one attached hydrogen (secondary N) is 2. The molecule has 1 fully saturated rings. The first-order valence-corrected chi connectivity index (χ1v) is 4.48. The van der Waals surface area contributed by atoms with Gasteiger partial charge in [0.25, 0.3) is 0 Å². The van der Waals surface area contributed by atoms with Gasteiger partial charge in [-0.15, -0.1) is 0 Å². The molecule has 1 saturated heterocycles. The average Bonchev–Trinajstić information content (AvgIpc) is 2.16. The Morgan fingerprint density at radius 2 is 2.25 bits per heavy atom. The Morgan fingerprint density at radius 3 is 2.83 bits per heavy atom. The molecule has 70 valence electrons. The van der Waals surface area contributed by atoms with Crippen molar-refractivity contribution in [3.63, 3.8) is 0 Å². The van der Waals surface area contributed by atoms with E-state index in [1.54, 1.807) is 6.92 Å². The zero-order chi connectivity index (χ0) is 8.81. The van der Waals surface area contributed by atoms with E-state index < -0.39 is 0 Å². The molecule has 1 heterocycles. The van der Waals surface area contributed by atoms with Crippen molar-refractivity contribution in [3.8, 4) is 0 Å². The number of carbonyl (C=O) groups is 1. The van der Waals surface area contributed by atoms with Crippen molar-refractivity contribution in [2.24, 2.45) is 0 Å². The van der Waals surface area contributed by atoms with Crippen LogP contribution < -0.4 is 10.8 Å². The standard InChI is InChI=1S/C8H16N2O2/c1-2-8(11)10-12-7-3-5-9-6-4-7/h7,9H,2-6H2,1H3,(H,10,11). The van der Waals surface area contributed by atoms with E-state index >= 15 is 0 Å². The number of hydrogen-bond acceptors (Lipinski definition) is 3. The van der Waals surface area contributed by atoms with Gasteiger partial charge >= 0.3 is 0 Å². The summed E-state index contributed by atoms with van der Waals surface area (Å²) in [6.45, 7) is 3.76. The fourth-order valence-corrected chi connectivity index (χ4v) is 1.13. The van der Waals surface area contributed by atoms with Crippen molar-refractivity contribution in [2.45, 2.75) is 32.3 Å². The van der Waals surface area contributed by atoms with E-state index in [0.29, 0.717) is 6.42 Å². The van der Waals surface area contributed by atoms with Crippen LogP contribution in [0.1, 0.15) is 26.2 Å². The van der Waals surface area contributed by atoms with Crippen molar-refractivity contribution in [2.75, 3.05) is 13.1 Å². The molecule has 1 rings (SSSR count). The van der Waals surface area contributed by atoms with E-state index in [-0.39, 0.29) is 12.0 Å². The second-order valence-electron chi connectivity index (χ2n) is 2.95. The van der Waals surface area contributed by atoms with Crippen LogP contribution in [0.5, 0.6) is 0 Å². The van der Waals surface area contributed by atoms with E-state index in [2.05, 4.69) is 10.8 Å². The predicted molar refractivity (Wildman–Crippen MR) is 45.4 cm³/mol. The molecule has 0 aliphatic carbocycles. The molecular formula is C8H16N2O2. The molecule has 1 aliphatic heterocycles. The molecule has 0 bridgehead atoms. The van der Waals surface area contributed by atoms with Crippen LogP contribution in [0.2, 0.25) is 0 Å². The Kier molecular flexibility index (Phi) is 4.04. The summed E-state index contributed by atoms with van der Waals surface area (Å²) in [4.78, 5) is 16.0. The average molecular weight is 172 g/mol. The summed E-state index contributed by atoms with van der Waals surface area (Å²) in [5, 5.41) is 3.22. The van der Waals surface area contributed by atoms with Crippen molar-refractivity contribution < 1.29 is 9.63 Å². The van der Waals surface area contributed by atoms with Gasteiger partial charge in [-0.3, -0.25) is 9.63 Å². The van der Waals surface area contributed by atoms with Crippen LogP contribution in [0.25, 0.3) is 0 Å². The molecule has 0 aromatic heterocycles. The topological polar surface area (TPSA) is 50.4 Å². The van der Waals surface area contributed by atoms with E-state index in [1.165, 1.54) is 0 Å². The highest BCUT2D eigenvalue weighted by Crippen LogP contribution is 2.04. The lowest BCUT2D eigenvalue weighted by atomic mass is 10.1. The van der Waals surface area contributed by atoms with Crippen LogP contribution in [-0.2, 0) is 9.63 Å². The maximum absolute atomic E-state index is 10.8. The van der Waals surface area contributed by atoms with Crippen LogP contribution in [0, 0.1) is 0 Å². The van der Waals surface area contributed by atoms with Gasteiger partial charge in [-0.25, -0.2) is 5.48 Å². The number of piperidine rings is 1. The molecule has 1 aliphatic rings. The van der Waals surface area contributed by atoms with Gasteiger partial charge in [0.2, 0.25) is 5.91 Å². The van der Waals surface area contributed by atoms with E-state index in [0.717, 1.165) is 25.9 Å². The highest BCUT2D eigenvalue weighted by Gasteiger charge is 2.13. The van der Waals surface area contributed by atoms with Gasteiger partial charge in [0.15, 0.2) is 0 Å². The fraction of sp³-hybridized carbons (Fsp3) is 0.875. The Morgan fingerprint density at radius 1 is 1.58 bits per heavy atom. The molecule has 0 spiro atoms. The summed E-state index contributed by atoms with van der Waals surface area (Å²) in [5.41, 5.74) is 2.44. The smallest absolute Gasteiger partial charge is 0.243 e. The SMILES string of the molecule is CCC(=O)NOC1CCNCC1. The number of rotatable bonds is 3. The van der Waals surface area contributed by atoms with Gasteiger partial charge in [-0.2, -0.15) is 0 Å². The summed E-state index contributed by atoms with van der Waals surface area (Å²) in [7, 11) is 0. The van der Waals surface area contributed by atoms with Gasteiger partial charge in [0.1, 0.15) is 0 Å². The number of carbonyl (C=O) groups excluding carboxylic acids is 1. The molecule has 0 aromatic rings. The molecule has 2 N–H and O–H groups in total. The molecule has 0 radical (unpaired) electrons. The van der Waals surface area contributed by atoms with Gasteiger partial charge in [0, 0.05) is 6.42 Å². The minimum absolute atomic E-state index is 0.0477. The first-order chi connectivity index (χ1) is 5.83. The first-order valence-electron chi connectivity index (χ1n) is 4.48. The second-order valence-corrected chi connectivity index (χ2v) is 2.95. The Balaban J connectivity index is 2.09. The van der Waals surface area contributed by atoms with Crippen molar-refractivity contribution in [1.82, 2.24) is 10.8 Å². The molecule has 12 heavy (non-hydrogen) atoms. The lowest BCUT2D eigenvalue weighted by molar-refractivity contribution is -0.139. The zero-order valence-electron chi connectivity index (χ0n) is 7.43. The fourth-order valence-electron chi connectivity index (χ4n) is 1.13. The molecule has 4 nitrogen and oxygen atoms in total. The summed E-state index contributed by atoms with van der Waals surface area (Å²) < 4.78 is 0. The van der Waals surface area contributed by atoms with Crippen molar-refractivity contribution in [3.05, 3.63) is 0 Å². The predicted octanol–water partition coefficient (Wildman–Crippen LogP) is 0.196. The van der Waals surface area contributed by atoms with Gasteiger partial charge in [-0.1, -0.05) is 6.92 Å². The molecule has 0 unspecified atom stereocenters. The van der Waals surface area contributed by atoms with Crippen molar-refractivity contribution >= 4 is 5.91 Å². The van der Waals surface area contributed by atoms with E-state index in [4.69, 9.17) is 4.84 Å². The monoisotopic (exact) mass is 172 g/mol. The first kappa shape index (κ1) is 9.48. The number of hydrogen-bond donors (Lipinski definition) is 2. The molecular weight excluding hydrogens is 156 g/mol. The highest BCUT2D eigenvalue weighted by atomic mass is 16.7. The van der Waals surface area contributed by atoms with Gasteiger partial charge < -0.3 is 5.32 Å². The van der Waals surface area contributed by atoms with Crippen LogP contribution in [0.15, 0.2) is 0 Å². The van der Waals surface area contributed by atoms with E-state index in [9.17, 15) is 4.79 Å². The third-order valence-electron chi connectivity index (χ3n) is 1.95. The third kappa shape index (κ3) is 3.19. The van der Waals surface area contributed by atoms with Crippen LogP contribution in [0.4, 0.5) is 0 Å². The third-order valence-corrected chi connectivity index (χ3v) is 1.95. The summed E-state index contributed by atoms with van der Waals surface area (Å²) in [5.74, 6) is -0.0477. The van der Waals surface area contributed by atoms with Gasteiger partial charge in [0.05, 0.1) is 6.10 Å². The quantitative estimate of drug-likeness (QED) is 0.598. The lowest BCUT2D eigenvalue weighted by Crippen LogP contribution is -2.37. The normalized spacial score (nSPS) is 19.1. The minimum atomic E-state index is -0.0477. The Labute approximate surface area is 72.6 Å². The zero-order valence-corrected chi connectivity index (χ0v) is 7.43. The summed E-state index contributed by atoms with van der Waals surface area (Å²) in [6, 6.07) is 0. The lowest BCUT2D eigenvalue weighted by Gasteiger charge is -2.22. The van der Waals surface area contributed by atoms with Crippen LogP contribution in [0.3, 0.4) is 0 Å². The largest absolute Gasteiger partial charge is 0.317 e. The maximum Gasteiger partial charge on any atom is 0.243 e. The maximum atomic E-state index is 10.8. The Bertz CT molecular complexity index is 144. The van der Waals surface area contributed by atoms with Gasteiger partial charge in [-0.05, 0) is 25.9 Å². The molecule has 1 amide bonds. The number of amides is 1. The number of hydroxylamine groups is 1.